The van der Waals surface area contributed by atoms with Crippen LogP contribution in [-0.2, 0) is 10.0 Å². The van der Waals surface area contributed by atoms with Crippen molar-refractivity contribution < 1.29 is 13.2 Å². The summed E-state index contributed by atoms with van der Waals surface area (Å²) in [6, 6.07) is 19.6. The van der Waals surface area contributed by atoms with Gasteiger partial charge in [-0.1, -0.05) is 43.3 Å². The normalized spacial score (nSPS) is 12.4. The molecule has 0 bridgehead atoms. The number of amides is 1. The van der Waals surface area contributed by atoms with E-state index in [1.165, 1.54) is 22.7 Å². The van der Waals surface area contributed by atoms with Crippen LogP contribution in [0.1, 0.15) is 35.3 Å². The van der Waals surface area contributed by atoms with Crippen LogP contribution < -0.4 is 9.62 Å². The fourth-order valence-corrected chi connectivity index (χ4v) is 5.21. The molecule has 1 atom stereocenters. The second kappa shape index (κ2) is 8.58. The summed E-state index contributed by atoms with van der Waals surface area (Å²) in [5.41, 5.74) is 2.04. The van der Waals surface area contributed by atoms with Crippen molar-refractivity contribution in [1.29, 1.82) is 0 Å². The number of nitrogens with zero attached hydrogens (tertiary/aromatic N) is 1. The fourth-order valence-electron chi connectivity index (χ4n) is 2.85. The van der Waals surface area contributed by atoms with E-state index in [0.717, 1.165) is 12.0 Å². The zero-order chi connectivity index (χ0) is 20.1. The third-order valence-electron chi connectivity index (χ3n) is 4.52. The number of anilines is 1. The number of sulfonamides is 1. The maximum Gasteiger partial charge on any atom is 0.273 e. The molecule has 1 N–H and O–H groups in total. The minimum Gasteiger partial charge on any atom is -0.345 e. The standard InChI is InChI=1S/C21H22N2O3S2/c1-3-19(16-8-5-4-6-9-16)22-21(24)17-11-13-18(14-12-17)23(2)28(25,26)20-10-7-15-27-20/h4-15,19H,3H2,1-2H3,(H,22,24)/t19-/m1/s1. The number of carbonyl (C=O) groups is 1. The molecule has 3 rings (SSSR count). The first-order chi connectivity index (χ1) is 13.4. The minimum atomic E-state index is -3.59. The summed E-state index contributed by atoms with van der Waals surface area (Å²) in [5.74, 6) is -0.189. The van der Waals surface area contributed by atoms with Crippen molar-refractivity contribution in [3.63, 3.8) is 0 Å². The highest BCUT2D eigenvalue weighted by molar-refractivity contribution is 7.94. The summed E-state index contributed by atoms with van der Waals surface area (Å²) in [7, 11) is -2.08. The average Bonchev–Trinajstić information content (AvgIpc) is 3.28. The number of carbonyl (C=O) groups excluding carboxylic acids is 1. The zero-order valence-corrected chi connectivity index (χ0v) is 17.3. The smallest absolute Gasteiger partial charge is 0.273 e. The number of hydrogen-bond acceptors (Lipinski definition) is 4. The Morgan fingerprint density at radius 3 is 2.29 bits per heavy atom. The molecule has 7 heteroatoms. The quantitative estimate of drug-likeness (QED) is 0.621. The summed E-state index contributed by atoms with van der Waals surface area (Å²) in [6.07, 6.45) is 0.773. The van der Waals surface area contributed by atoms with Gasteiger partial charge >= 0.3 is 0 Å². The molecule has 0 aliphatic heterocycles. The molecule has 0 saturated heterocycles. The van der Waals surface area contributed by atoms with E-state index in [-0.39, 0.29) is 16.2 Å². The molecule has 3 aromatic rings. The van der Waals surface area contributed by atoms with Crippen LogP contribution in [0.15, 0.2) is 76.3 Å². The summed E-state index contributed by atoms with van der Waals surface area (Å²) < 4.78 is 26.7. The maximum absolute atomic E-state index is 12.6. The molecule has 28 heavy (non-hydrogen) atoms. The monoisotopic (exact) mass is 414 g/mol. The van der Waals surface area contributed by atoms with Crippen molar-refractivity contribution >= 4 is 33.0 Å². The molecule has 0 spiro atoms. The molecule has 1 aromatic heterocycles. The van der Waals surface area contributed by atoms with Crippen molar-refractivity contribution in [3.8, 4) is 0 Å². The van der Waals surface area contributed by atoms with Gasteiger partial charge in [-0.15, -0.1) is 11.3 Å². The van der Waals surface area contributed by atoms with E-state index >= 15 is 0 Å². The molecule has 0 fully saturated rings. The van der Waals surface area contributed by atoms with Crippen molar-refractivity contribution in [2.24, 2.45) is 0 Å². The van der Waals surface area contributed by atoms with Gasteiger partial charge in [0.25, 0.3) is 15.9 Å². The van der Waals surface area contributed by atoms with Crippen LogP contribution in [-0.4, -0.2) is 21.4 Å². The molecule has 1 amide bonds. The highest BCUT2D eigenvalue weighted by atomic mass is 32.2. The van der Waals surface area contributed by atoms with E-state index in [4.69, 9.17) is 0 Å². The van der Waals surface area contributed by atoms with Gasteiger partial charge < -0.3 is 5.32 Å². The van der Waals surface area contributed by atoms with E-state index < -0.39 is 10.0 Å². The largest absolute Gasteiger partial charge is 0.345 e. The van der Waals surface area contributed by atoms with Gasteiger partial charge in [-0.3, -0.25) is 9.10 Å². The van der Waals surface area contributed by atoms with Gasteiger partial charge in [0.1, 0.15) is 4.21 Å². The Bertz CT molecular complexity index is 1020. The van der Waals surface area contributed by atoms with Gasteiger partial charge in [-0.25, -0.2) is 8.42 Å². The molecule has 0 saturated carbocycles. The van der Waals surface area contributed by atoms with Gasteiger partial charge in [-0.05, 0) is 47.7 Å². The van der Waals surface area contributed by atoms with Crippen LogP contribution in [0, 0.1) is 0 Å². The molecule has 0 unspecified atom stereocenters. The van der Waals surface area contributed by atoms with Crippen LogP contribution >= 0.6 is 11.3 Å². The number of benzene rings is 2. The van der Waals surface area contributed by atoms with Crippen LogP contribution in [0.2, 0.25) is 0 Å². The lowest BCUT2D eigenvalue weighted by Gasteiger charge is -2.20. The maximum atomic E-state index is 12.6. The summed E-state index contributed by atoms with van der Waals surface area (Å²) >= 11 is 1.17. The first kappa shape index (κ1) is 20.1. The molecule has 2 aromatic carbocycles. The molecule has 0 aliphatic rings. The van der Waals surface area contributed by atoms with Gasteiger partial charge in [0.15, 0.2) is 0 Å². The summed E-state index contributed by atoms with van der Waals surface area (Å²) in [5, 5.41) is 4.76. The van der Waals surface area contributed by atoms with Gasteiger partial charge in [0, 0.05) is 12.6 Å². The first-order valence-corrected chi connectivity index (χ1v) is 11.2. The Morgan fingerprint density at radius 2 is 1.71 bits per heavy atom. The SMILES string of the molecule is CC[C@@H](NC(=O)c1ccc(N(C)S(=O)(=O)c2cccs2)cc1)c1ccccc1. The van der Waals surface area contributed by atoms with Gasteiger partial charge in [0.2, 0.25) is 0 Å². The Balaban J connectivity index is 1.74. The van der Waals surface area contributed by atoms with E-state index in [9.17, 15) is 13.2 Å². The zero-order valence-electron chi connectivity index (χ0n) is 15.7. The van der Waals surface area contributed by atoms with Crippen molar-refractivity contribution in [1.82, 2.24) is 5.32 Å². The van der Waals surface area contributed by atoms with E-state index in [1.54, 1.807) is 41.8 Å². The fraction of sp³-hybridized carbons (Fsp3) is 0.190. The molecule has 1 heterocycles. The third kappa shape index (κ3) is 4.26. The van der Waals surface area contributed by atoms with Crippen LogP contribution in [0.25, 0.3) is 0 Å². The molecular formula is C21H22N2O3S2. The molecule has 146 valence electrons. The minimum absolute atomic E-state index is 0.0738. The topological polar surface area (TPSA) is 66.5 Å². The predicted molar refractivity (Wildman–Crippen MR) is 113 cm³/mol. The Hall–Kier alpha value is -2.64. The highest BCUT2D eigenvalue weighted by Crippen LogP contribution is 2.25. The van der Waals surface area contributed by atoms with Crippen molar-refractivity contribution in [3.05, 3.63) is 83.2 Å². The third-order valence-corrected chi connectivity index (χ3v) is 7.68. The summed E-state index contributed by atoms with van der Waals surface area (Å²) in [4.78, 5) is 12.6. The first-order valence-electron chi connectivity index (χ1n) is 8.91. The lowest BCUT2D eigenvalue weighted by molar-refractivity contribution is 0.0935. The predicted octanol–water partition coefficient (Wildman–Crippen LogP) is 4.45. The van der Waals surface area contributed by atoms with E-state index in [1.807, 2.05) is 37.3 Å². The lowest BCUT2D eigenvalue weighted by atomic mass is 10.0. The highest BCUT2D eigenvalue weighted by Gasteiger charge is 2.22. The lowest BCUT2D eigenvalue weighted by Crippen LogP contribution is -2.28. The van der Waals surface area contributed by atoms with Gasteiger partial charge in [0.05, 0.1) is 11.7 Å². The van der Waals surface area contributed by atoms with Crippen LogP contribution in [0.3, 0.4) is 0 Å². The van der Waals surface area contributed by atoms with Crippen molar-refractivity contribution in [2.75, 3.05) is 11.4 Å². The molecule has 5 nitrogen and oxygen atoms in total. The average molecular weight is 415 g/mol. The van der Waals surface area contributed by atoms with Crippen LogP contribution in [0.4, 0.5) is 5.69 Å². The Kier molecular flexibility index (Phi) is 6.16. The molecule has 0 radical (unpaired) electrons. The molecule has 0 aliphatic carbocycles. The van der Waals surface area contributed by atoms with Crippen LogP contribution in [0.5, 0.6) is 0 Å². The number of rotatable bonds is 7. The second-order valence-corrected chi connectivity index (χ2v) is 9.44. The summed E-state index contributed by atoms with van der Waals surface area (Å²) in [6.45, 7) is 2.02. The second-order valence-electron chi connectivity index (χ2n) is 6.30. The van der Waals surface area contributed by atoms with E-state index in [0.29, 0.717) is 11.3 Å². The number of nitrogens with one attached hydrogen (secondary N) is 1. The van der Waals surface area contributed by atoms with Gasteiger partial charge in [-0.2, -0.15) is 0 Å². The number of thiophene rings is 1. The molecular weight excluding hydrogens is 392 g/mol. The Labute approximate surface area is 169 Å². The van der Waals surface area contributed by atoms with E-state index in [2.05, 4.69) is 5.32 Å². The number of hydrogen-bond donors (Lipinski definition) is 1. The Morgan fingerprint density at radius 1 is 1.04 bits per heavy atom. The van der Waals surface area contributed by atoms with Crippen molar-refractivity contribution in [2.45, 2.75) is 23.6 Å².